The van der Waals surface area contributed by atoms with Crippen LogP contribution >= 0.6 is 22.9 Å². The lowest BCUT2D eigenvalue weighted by atomic mass is 10.0. The third kappa shape index (κ3) is 4.03. The molecular weight excluding hydrogens is 276 g/mol. The van der Waals surface area contributed by atoms with Gasteiger partial charge in [0.15, 0.2) is 0 Å². The topological polar surface area (TPSA) is 24.9 Å². The molecule has 0 aliphatic heterocycles. The van der Waals surface area contributed by atoms with Crippen molar-refractivity contribution in [1.29, 1.82) is 0 Å². The van der Waals surface area contributed by atoms with Gasteiger partial charge in [0.1, 0.15) is 0 Å². The molecule has 19 heavy (non-hydrogen) atoms. The first kappa shape index (κ1) is 14.5. The predicted molar refractivity (Wildman–Crippen MR) is 83.0 cm³/mol. The molecule has 0 saturated heterocycles. The average molecular weight is 295 g/mol. The van der Waals surface area contributed by atoms with Crippen molar-refractivity contribution in [2.75, 3.05) is 6.54 Å². The van der Waals surface area contributed by atoms with Crippen molar-refractivity contribution < 1.29 is 0 Å². The second-order valence-electron chi connectivity index (χ2n) is 4.61. The van der Waals surface area contributed by atoms with E-state index in [1.807, 2.05) is 25.1 Å². The fourth-order valence-corrected chi connectivity index (χ4v) is 3.13. The molecule has 0 spiro atoms. The summed E-state index contributed by atoms with van der Waals surface area (Å²) in [5, 5.41) is 7.64. The van der Waals surface area contributed by atoms with E-state index in [2.05, 4.69) is 28.7 Å². The average Bonchev–Trinajstić information content (AvgIpc) is 2.81. The van der Waals surface area contributed by atoms with E-state index in [0.717, 1.165) is 40.7 Å². The molecule has 0 bridgehead atoms. The van der Waals surface area contributed by atoms with Crippen LogP contribution in [0, 0.1) is 6.92 Å². The van der Waals surface area contributed by atoms with E-state index in [1.54, 1.807) is 11.3 Å². The summed E-state index contributed by atoms with van der Waals surface area (Å²) in [7, 11) is 0. The molecule has 1 aromatic heterocycles. The third-order valence-corrected chi connectivity index (χ3v) is 4.30. The van der Waals surface area contributed by atoms with Gasteiger partial charge < -0.3 is 5.32 Å². The Hall–Kier alpha value is -0.900. The summed E-state index contributed by atoms with van der Waals surface area (Å²) in [5.41, 5.74) is 2.25. The number of aryl methyl sites for hydroxylation is 1. The van der Waals surface area contributed by atoms with Gasteiger partial charge >= 0.3 is 0 Å². The molecule has 2 nitrogen and oxygen atoms in total. The van der Waals surface area contributed by atoms with Gasteiger partial charge in [-0.15, -0.1) is 11.3 Å². The molecule has 102 valence electrons. The summed E-state index contributed by atoms with van der Waals surface area (Å²) >= 11 is 8.03. The summed E-state index contributed by atoms with van der Waals surface area (Å²) in [4.78, 5) is 4.55. The van der Waals surface area contributed by atoms with Crippen molar-refractivity contribution in [3.8, 4) is 0 Å². The molecule has 0 radical (unpaired) electrons. The van der Waals surface area contributed by atoms with E-state index in [4.69, 9.17) is 11.6 Å². The lowest BCUT2D eigenvalue weighted by Crippen LogP contribution is -2.24. The normalized spacial score (nSPS) is 12.6. The van der Waals surface area contributed by atoms with Crippen LogP contribution in [0.1, 0.15) is 35.7 Å². The van der Waals surface area contributed by atoms with Gasteiger partial charge in [0.05, 0.1) is 5.01 Å². The Labute approximate surface area is 123 Å². The molecule has 0 aliphatic carbocycles. The lowest BCUT2D eigenvalue weighted by molar-refractivity contribution is 0.528. The molecule has 0 amide bonds. The second-order valence-corrected chi connectivity index (χ2v) is 5.96. The predicted octanol–water partition coefficient (Wildman–Crippen LogP) is 4.39. The minimum Gasteiger partial charge on any atom is -0.310 e. The van der Waals surface area contributed by atoms with Gasteiger partial charge in [0.25, 0.3) is 0 Å². The maximum atomic E-state index is 6.31. The highest BCUT2D eigenvalue weighted by molar-refractivity contribution is 7.09. The maximum absolute atomic E-state index is 6.31. The molecule has 1 atom stereocenters. The largest absolute Gasteiger partial charge is 0.310 e. The molecule has 2 aromatic rings. The van der Waals surface area contributed by atoms with Crippen molar-refractivity contribution in [2.45, 2.75) is 32.7 Å². The minimum absolute atomic E-state index is 0.235. The number of hydrogen-bond acceptors (Lipinski definition) is 3. The molecule has 1 N–H and O–H groups in total. The standard InChI is InChI=1S/C15H19ClN2S/c1-3-8-17-14(9-15-18-11(2)10-19-15)12-6-4-5-7-13(12)16/h4-7,10,14,17H,3,8-9H2,1-2H3. The highest BCUT2D eigenvalue weighted by atomic mass is 35.5. The zero-order valence-corrected chi connectivity index (χ0v) is 12.9. The van der Waals surface area contributed by atoms with Crippen molar-refractivity contribution in [2.24, 2.45) is 0 Å². The number of rotatable bonds is 6. The number of thiazole rings is 1. The monoisotopic (exact) mass is 294 g/mol. The Morgan fingerprint density at radius 1 is 1.37 bits per heavy atom. The van der Waals surface area contributed by atoms with Crippen molar-refractivity contribution in [3.63, 3.8) is 0 Å². The number of halogens is 1. The van der Waals surface area contributed by atoms with Crippen LogP contribution in [0.25, 0.3) is 0 Å². The first-order valence-corrected chi connectivity index (χ1v) is 7.85. The van der Waals surface area contributed by atoms with E-state index in [0.29, 0.717) is 0 Å². The number of nitrogens with one attached hydrogen (secondary N) is 1. The molecule has 4 heteroatoms. The number of nitrogens with zero attached hydrogens (tertiary/aromatic N) is 1. The van der Waals surface area contributed by atoms with E-state index in [-0.39, 0.29) is 6.04 Å². The van der Waals surface area contributed by atoms with Crippen molar-refractivity contribution in [3.05, 3.63) is 50.9 Å². The van der Waals surface area contributed by atoms with E-state index in [1.165, 1.54) is 0 Å². The Balaban J connectivity index is 2.18. The van der Waals surface area contributed by atoms with Gasteiger partial charge in [-0.3, -0.25) is 0 Å². The highest BCUT2D eigenvalue weighted by Gasteiger charge is 2.15. The molecular formula is C15H19ClN2S. The first-order valence-electron chi connectivity index (χ1n) is 6.59. The van der Waals surface area contributed by atoms with Crippen LogP contribution in [0.15, 0.2) is 29.6 Å². The van der Waals surface area contributed by atoms with Crippen LogP contribution in [0.3, 0.4) is 0 Å². The molecule has 1 unspecified atom stereocenters. The molecule has 2 rings (SSSR count). The maximum Gasteiger partial charge on any atom is 0.0947 e. The van der Waals surface area contributed by atoms with Gasteiger partial charge in [-0.1, -0.05) is 36.7 Å². The number of aromatic nitrogens is 1. The number of hydrogen-bond donors (Lipinski definition) is 1. The lowest BCUT2D eigenvalue weighted by Gasteiger charge is -2.19. The number of benzene rings is 1. The van der Waals surface area contributed by atoms with Gasteiger partial charge in [-0.05, 0) is 31.5 Å². The van der Waals surface area contributed by atoms with E-state index < -0.39 is 0 Å². The Kier molecular flexibility index (Phi) is 5.37. The van der Waals surface area contributed by atoms with Crippen LogP contribution in [0.5, 0.6) is 0 Å². The smallest absolute Gasteiger partial charge is 0.0947 e. The quantitative estimate of drug-likeness (QED) is 0.855. The summed E-state index contributed by atoms with van der Waals surface area (Å²) in [6.07, 6.45) is 2.00. The minimum atomic E-state index is 0.235. The summed E-state index contributed by atoms with van der Waals surface area (Å²) < 4.78 is 0. The van der Waals surface area contributed by atoms with Crippen LogP contribution in [0.2, 0.25) is 5.02 Å². The van der Waals surface area contributed by atoms with Gasteiger partial charge in [0, 0.05) is 28.6 Å². The van der Waals surface area contributed by atoms with Crippen LogP contribution in [-0.2, 0) is 6.42 Å². The fourth-order valence-electron chi connectivity index (χ4n) is 2.04. The van der Waals surface area contributed by atoms with Crippen molar-refractivity contribution in [1.82, 2.24) is 10.3 Å². The van der Waals surface area contributed by atoms with Crippen LogP contribution < -0.4 is 5.32 Å². The molecule has 0 saturated carbocycles. The van der Waals surface area contributed by atoms with E-state index >= 15 is 0 Å². The molecule has 1 heterocycles. The third-order valence-electron chi connectivity index (χ3n) is 2.97. The first-order chi connectivity index (χ1) is 9.20. The second kappa shape index (κ2) is 7.04. The van der Waals surface area contributed by atoms with Crippen molar-refractivity contribution >= 4 is 22.9 Å². The van der Waals surface area contributed by atoms with Gasteiger partial charge in [0.2, 0.25) is 0 Å². The molecule has 0 fully saturated rings. The summed E-state index contributed by atoms with van der Waals surface area (Å²) in [6, 6.07) is 8.28. The van der Waals surface area contributed by atoms with E-state index in [9.17, 15) is 0 Å². The zero-order valence-electron chi connectivity index (χ0n) is 11.3. The van der Waals surface area contributed by atoms with Crippen LogP contribution in [-0.4, -0.2) is 11.5 Å². The molecule has 1 aromatic carbocycles. The zero-order chi connectivity index (χ0) is 13.7. The fraction of sp³-hybridized carbons (Fsp3) is 0.400. The Morgan fingerprint density at radius 2 is 2.16 bits per heavy atom. The SMILES string of the molecule is CCCNC(Cc1nc(C)cs1)c1ccccc1Cl. The summed E-state index contributed by atoms with van der Waals surface area (Å²) in [5.74, 6) is 0. The van der Waals surface area contributed by atoms with Gasteiger partial charge in [-0.25, -0.2) is 4.98 Å². The Bertz CT molecular complexity index is 524. The van der Waals surface area contributed by atoms with Crippen LogP contribution in [0.4, 0.5) is 0 Å². The summed E-state index contributed by atoms with van der Waals surface area (Å²) in [6.45, 7) is 5.19. The van der Waals surface area contributed by atoms with Gasteiger partial charge in [-0.2, -0.15) is 0 Å². The highest BCUT2D eigenvalue weighted by Crippen LogP contribution is 2.26. The molecule has 0 aliphatic rings. The Morgan fingerprint density at radius 3 is 2.79 bits per heavy atom.